The Morgan fingerprint density at radius 2 is 1.91 bits per heavy atom. The van der Waals surface area contributed by atoms with E-state index in [1.165, 1.54) is 5.56 Å². The van der Waals surface area contributed by atoms with Gasteiger partial charge in [-0.1, -0.05) is 30.3 Å². The molecule has 1 unspecified atom stereocenters. The van der Waals surface area contributed by atoms with Crippen molar-refractivity contribution in [2.24, 2.45) is 5.92 Å². The Kier molecular flexibility index (Phi) is 3.23. The molecule has 1 saturated heterocycles. The molecule has 120 valence electrons. The van der Waals surface area contributed by atoms with Crippen molar-refractivity contribution in [2.75, 3.05) is 13.1 Å². The maximum Gasteiger partial charge on any atom is 0.417 e. The van der Waals surface area contributed by atoms with Crippen molar-refractivity contribution in [1.82, 2.24) is 9.88 Å². The lowest BCUT2D eigenvalue weighted by atomic mass is 10.00. The maximum atomic E-state index is 12.7. The van der Waals surface area contributed by atoms with Gasteiger partial charge >= 0.3 is 6.18 Å². The van der Waals surface area contributed by atoms with E-state index >= 15 is 0 Å². The topological polar surface area (TPSA) is 16.1 Å². The summed E-state index contributed by atoms with van der Waals surface area (Å²) >= 11 is 0. The number of hydrogen-bond acceptors (Lipinski definition) is 2. The van der Waals surface area contributed by atoms with E-state index in [2.05, 4.69) is 22.0 Å². The highest BCUT2D eigenvalue weighted by molar-refractivity contribution is 5.34. The summed E-state index contributed by atoms with van der Waals surface area (Å²) in [6, 6.07) is 13.0. The van der Waals surface area contributed by atoms with Gasteiger partial charge in [-0.05, 0) is 30.0 Å². The molecule has 1 saturated carbocycles. The van der Waals surface area contributed by atoms with Gasteiger partial charge in [0.1, 0.15) is 0 Å². The molecule has 1 aliphatic carbocycles. The van der Waals surface area contributed by atoms with Crippen LogP contribution in [0.25, 0.3) is 0 Å². The third-order valence-electron chi connectivity index (χ3n) is 5.07. The zero-order valence-electron chi connectivity index (χ0n) is 12.6. The van der Waals surface area contributed by atoms with E-state index in [1.54, 1.807) is 6.07 Å². The van der Waals surface area contributed by atoms with Gasteiger partial charge in [0, 0.05) is 36.9 Å². The molecule has 5 heteroatoms. The Bertz CT molecular complexity index is 696. The van der Waals surface area contributed by atoms with Gasteiger partial charge in [0.05, 0.1) is 5.56 Å². The SMILES string of the molecule is FC(F)(F)c1ccc([C@@]23CC2CN(Cc2ccccc2)C3)nc1. The quantitative estimate of drug-likeness (QED) is 0.854. The summed E-state index contributed by atoms with van der Waals surface area (Å²) in [7, 11) is 0. The van der Waals surface area contributed by atoms with E-state index in [9.17, 15) is 13.2 Å². The molecule has 2 heterocycles. The number of hydrogen-bond donors (Lipinski definition) is 0. The first-order valence-corrected chi connectivity index (χ1v) is 7.77. The highest BCUT2D eigenvalue weighted by Gasteiger charge is 2.61. The number of aromatic nitrogens is 1. The zero-order chi connectivity index (χ0) is 16.1. The van der Waals surface area contributed by atoms with Gasteiger partial charge in [-0.15, -0.1) is 0 Å². The summed E-state index contributed by atoms with van der Waals surface area (Å²) in [4.78, 5) is 6.51. The predicted molar refractivity (Wildman–Crippen MR) is 80.7 cm³/mol. The average Bonchev–Trinajstić information content (AvgIpc) is 3.10. The van der Waals surface area contributed by atoms with Gasteiger partial charge in [-0.3, -0.25) is 9.88 Å². The molecule has 4 rings (SSSR count). The molecule has 0 radical (unpaired) electrons. The molecule has 2 nitrogen and oxygen atoms in total. The van der Waals surface area contributed by atoms with E-state index in [-0.39, 0.29) is 5.41 Å². The van der Waals surface area contributed by atoms with Crippen molar-refractivity contribution >= 4 is 0 Å². The van der Waals surface area contributed by atoms with Crippen LogP contribution in [0.4, 0.5) is 13.2 Å². The fourth-order valence-corrected chi connectivity index (χ4v) is 3.80. The van der Waals surface area contributed by atoms with Crippen LogP contribution in [-0.2, 0) is 18.1 Å². The van der Waals surface area contributed by atoms with Gasteiger partial charge in [-0.2, -0.15) is 13.2 Å². The minimum Gasteiger partial charge on any atom is -0.298 e. The highest BCUT2D eigenvalue weighted by atomic mass is 19.4. The van der Waals surface area contributed by atoms with Gasteiger partial charge in [-0.25, -0.2) is 0 Å². The number of pyridine rings is 1. The largest absolute Gasteiger partial charge is 0.417 e. The van der Waals surface area contributed by atoms with E-state index in [1.807, 2.05) is 18.2 Å². The lowest BCUT2D eigenvalue weighted by Gasteiger charge is -2.21. The second kappa shape index (κ2) is 5.06. The van der Waals surface area contributed by atoms with Crippen LogP contribution in [0.5, 0.6) is 0 Å². The molecule has 0 N–H and O–H groups in total. The summed E-state index contributed by atoms with van der Waals surface area (Å²) in [5, 5.41) is 0. The number of likely N-dealkylation sites (tertiary alicyclic amines) is 1. The first kappa shape index (κ1) is 14.7. The smallest absolute Gasteiger partial charge is 0.298 e. The van der Waals surface area contributed by atoms with Crippen LogP contribution >= 0.6 is 0 Å². The van der Waals surface area contributed by atoms with Gasteiger partial charge in [0.25, 0.3) is 0 Å². The molecule has 1 aromatic carbocycles. The second-order valence-corrected chi connectivity index (χ2v) is 6.64. The second-order valence-electron chi connectivity index (χ2n) is 6.64. The molecule has 1 aliphatic heterocycles. The van der Waals surface area contributed by atoms with E-state index in [0.29, 0.717) is 5.92 Å². The van der Waals surface area contributed by atoms with Gasteiger partial charge in [0.2, 0.25) is 0 Å². The molecule has 2 aliphatic rings. The summed E-state index contributed by atoms with van der Waals surface area (Å²) in [5.74, 6) is 0.524. The number of piperidine rings is 1. The molecule has 0 spiro atoms. The average molecular weight is 318 g/mol. The first-order chi connectivity index (χ1) is 11.0. The number of alkyl halides is 3. The Morgan fingerprint density at radius 3 is 2.57 bits per heavy atom. The Labute approximate surface area is 133 Å². The number of benzene rings is 1. The summed E-state index contributed by atoms with van der Waals surface area (Å²) in [6.45, 7) is 2.77. The van der Waals surface area contributed by atoms with Crippen molar-refractivity contribution in [1.29, 1.82) is 0 Å². The fourth-order valence-electron chi connectivity index (χ4n) is 3.80. The minimum absolute atomic E-state index is 0.0289. The summed E-state index contributed by atoms with van der Waals surface area (Å²) < 4.78 is 38.0. The van der Waals surface area contributed by atoms with E-state index < -0.39 is 11.7 Å². The van der Waals surface area contributed by atoms with Crippen molar-refractivity contribution in [3.8, 4) is 0 Å². The lowest BCUT2D eigenvalue weighted by Crippen LogP contribution is -2.26. The summed E-state index contributed by atoms with van der Waals surface area (Å²) in [6.07, 6.45) is -2.31. The molecule has 1 aromatic heterocycles. The van der Waals surface area contributed by atoms with Crippen LogP contribution in [-0.4, -0.2) is 23.0 Å². The standard InChI is InChI=1S/C18H17F3N2/c19-18(20,21)14-6-7-16(22-9-14)17-8-15(17)11-23(12-17)10-13-4-2-1-3-5-13/h1-7,9,15H,8,10-12H2/t15?,17-/m1/s1. The number of nitrogens with zero attached hydrogens (tertiary/aromatic N) is 2. The number of rotatable bonds is 3. The molecular formula is C18H17F3N2. The zero-order valence-corrected chi connectivity index (χ0v) is 12.6. The Morgan fingerprint density at radius 1 is 1.13 bits per heavy atom. The van der Waals surface area contributed by atoms with Crippen LogP contribution in [0.2, 0.25) is 0 Å². The van der Waals surface area contributed by atoms with Crippen molar-refractivity contribution in [3.63, 3.8) is 0 Å². The molecule has 0 amide bonds. The fraction of sp³-hybridized carbons (Fsp3) is 0.389. The van der Waals surface area contributed by atoms with Crippen LogP contribution in [0.1, 0.15) is 23.2 Å². The van der Waals surface area contributed by atoms with E-state index in [4.69, 9.17) is 0 Å². The minimum atomic E-state index is -4.32. The Balaban J connectivity index is 1.48. The Hall–Kier alpha value is -1.88. The van der Waals surface area contributed by atoms with Crippen LogP contribution in [0, 0.1) is 5.92 Å². The van der Waals surface area contributed by atoms with Crippen molar-refractivity contribution in [3.05, 3.63) is 65.5 Å². The molecule has 2 atom stereocenters. The third kappa shape index (κ3) is 2.63. The van der Waals surface area contributed by atoms with Gasteiger partial charge < -0.3 is 0 Å². The molecular weight excluding hydrogens is 301 g/mol. The molecule has 2 aromatic rings. The summed E-state index contributed by atoms with van der Waals surface area (Å²) in [5.41, 5.74) is 1.38. The number of fused-ring (bicyclic) bond motifs is 1. The molecule has 2 fully saturated rings. The third-order valence-corrected chi connectivity index (χ3v) is 5.07. The molecule has 23 heavy (non-hydrogen) atoms. The van der Waals surface area contributed by atoms with Crippen LogP contribution < -0.4 is 0 Å². The van der Waals surface area contributed by atoms with Gasteiger partial charge in [0.15, 0.2) is 0 Å². The maximum absolute atomic E-state index is 12.7. The van der Waals surface area contributed by atoms with Crippen molar-refractivity contribution in [2.45, 2.75) is 24.6 Å². The van der Waals surface area contributed by atoms with Crippen LogP contribution in [0.3, 0.4) is 0 Å². The first-order valence-electron chi connectivity index (χ1n) is 7.77. The van der Waals surface area contributed by atoms with Crippen LogP contribution in [0.15, 0.2) is 48.7 Å². The number of halogens is 3. The predicted octanol–water partition coefficient (Wildman–Crippen LogP) is 3.87. The lowest BCUT2D eigenvalue weighted by molar-refractivity contribution is -0.137. The monoisotopic (exact) mass is 318 g/mol. The highest BCUT2D eigenvalue weighted by Crippen LogP contribution is 2.58. The van der Waals surface area contributed by atoms with Crippen molar-refractivity contribution < 1.29 is 13.2 Å². The van der Waals surface area contributed by atoms with E-state index in [0.717, 1.165) is 44.0 Å². The molecule has 0 bridgehead atoms. The normalized spacial score (nSPS) is 27.0.